The van der Waals surface area contributed by atoms with Crippen LogP contribution in [0.5, 0.6) is 0 Å². The molecule has 0 bridgehead atoms. The van der Waals surface area contributed by atoms with Crippen LogP contribution >= 0.6 is 22.9 Å². The Morgan fingerprint density at radius 3 is 2.64 bits per heavy atom. The normalized spacial score (nSPS) is 13.5. The molecular weight excluding hydrogens is 355 g/mol. The number of hydrogen-bond acceptors (Lipinski definition) is 4. The molecule has 128 valence electrons. The Balaban J connectivity index is 2.15. The Kier molecular flexibility index (Phi) is 5.83. The highest BCUT2D eigenvalue weighted by Crippen LogP contribution is 2.33. The minimum atomic E-state index is -0.984. The Bertz CT molecular complexity index is 799. The van der Waals surface area contributed by atoms with E-state index in [1.54, 1.807) is 27.8 Å². The van der Waals surface area contributed by atoms with Crippen LogP contribution in [-0.4, -0.2) is 43.8 Å². The van der Waals surface area contributed by atoms with Gasteiger partial charge in [-0.1, -0.05) is 29.7 Å². The Morgan fingerprint density at radius 2 is 2.08 bits per heavy atom. The number of rotatable bonds is 5. The van der Waals surface area contributed by atoms with Crippen LogP contribution in [0.25, 0.3) is 0 Å². The number of carbonyl (C=O) groups excluding carboxylic acids is 1. The van der Waals surface area contributed by atoms with E-state index in [4.69, 9.17) is 18.0 Å². The molecule has 0 spiro atoms. The molecule has 0 aliphatic carbocycles. The molecular formula is C16H18B2ClN3O2S. The number of carbonyl (C=O) groups is 1. The minimum absolute atomic E-state index is 0.129. The fourth-order valence-electron chi connectivity index (χ4n) is 2.09. The maximum atomic E-state index is 11.9. The number of terminal acetylenes is 1. The molecule has 0 radical (unpaired) electrons. The van der Waals surface area contributed by atoms with Crippen LogP contribution in [0.15, 0.2) is 29.6 Å². The number of urea groups is 1. The number of aromatic nitrogens is 1. The van der Waals surface area contributed by atoms with Crippen LogP contribution in [0, 0.1) is 12.3 Å². The van der Waals surface area contributed by atoms with Crippen LogP contribution in [0.3, 0.4) is 0 Å². The number of anilines is 1. The highest BCUT2D eigenvalue weighted by atomic mass is 35.5. The number of aliphatic hydroxyl groups is 1. The lowest BCUT2D eigenvalue weighted by Gasteiger charge is -2.22. The average Bonchev–Trinajstić information content (AvgIpc) is 3.01. The van der Waals surface area contributed by atoms with Crippen molar-refractivity contribution in [2.24, 2.45) is 0 Å². The van der Waals surface area contributed by atoms with Gasteiger partial charge in [0.1, 0.15) is 15.7 Å². The zero-order chi connectivity index (χ0) is 18.7. The number of amides is 2. The van der Waals surface area contributed by atoms with E-state index in [0.29, 0.717) is 15.8 Å². The van der Waals surface area contributed by atoms with Crippen LogP contribution in [0.1, 0.15) is 18.2 Å². The standard InChI is InChI=1S/C16H18B2ClN3O2S/c1-3-15(2,10-4-6-11(19)7-5-10)12-8-25-14(21-12)22-13(23)20-9-16(17,18)24/h1,4-8,24H,9,17-18H2,2H3,(H2,20,21,22,23)/t15-/m0/s1. The fourth-order valence-corrected chi connectivity index (χ4v) is 3.03. The summed E-state index contributed by atoms with van der Waals surface area (Å²) in [5, 5.41) is 16.8. The van der Waals surface area contributed by atoms with E-state index in [9.17, 15) is 9.90 Å². The van der Waals surface area contributed by atoms with Gasteiger partial charge in [-0.2, -0.15) is 0 Å². The lowest BCUT2D eigenvalue weighted by Crippen LogP contribution is -2.45. The van der Waals surface area contributed by atoms with Gasteiger partial charge in [0.2, 0.25) is 0 Å². The van der Waals surface area contributed by atoms with E-state index >= 15 is 0 Å². The second-order valence-corrected chi connectivity index (χ2v) is 7.73. The van der Waals surface area contributed by atoms with E-state index in [-0.39, 0.29) is 6.54 Å². The van der Waals surface area contributed by atoms with Crippen molar-refractivity contribution in [3.05, 3.63) is 45.9 Å². The fraction of sp³-hybridized carbons (Fsp3) is 0.250. The first-order valence-corrected chi connectivity index (χ1v) is 8.87. The first-order chi connectivity index (χ1) is 11.6. The maximum absolute atomic E-state index is 11.9. The number of hydrogen-bond donors (Lipinski definition) is 3. The molecule has 0 saturated heterocycles. The van der Waals surface area contributed by atoms with E-state index in [2.05, 4.69) is 21.5 Å². The number of halogens is 1. The van der Waals surface area contributed by atoms with Gasteiger partial charge in [0.25, 0.3) is 0 Å². The predicted molar refractivity (Wildman–Crippen MR) is 108 cm³/mol. The second kappa shape index (κ2) is 7.52. The lowest BCUT2D eigenvalue weighted by atomic mass is 9.65. The number of thiazole rings is 1. The highest BCUT2D eigenvalue weighted by Gasteiger charge is 2.29. The topological polar surface area (TPSA) is 74.2 Å². The van der Waals surface area contributed by atoms with Gasteiger partial charge in [-0.25, -0.2) is 9.78 Å². The molecule has 25 heavy (non-hydrogen) atoms. The van der Waals surface area contributed by atoms with Gasteiger partial charge in [0.05, 0.1) is 11.1 Å². The van der Waals surface area contributed by atoms with E-state index < -0.39 is 16.8 Å². The molecule has 1 atom stereocenters. The minimum Gasteiger partial charge on any atom is -0.406 e. The molecule has 3 N–H and O–H groups in total. The van der Waals surface area contributed by atoms with Gasteiger partial charge in [0.15, 0.2) is 5.13 Å². The van der Waals surface area contributed by atoms with Crippen molar-refractivity contribution in [1.82, 2.24) is 10.3 Å². The van der Waals surface area contributed by atoms with Crippen molar-refractivity contribution < 1.29 is 9.90 Å². The first kappa shape index (κ1) is 19.4. The highest BCUT2D eigenvalue weighted by molar-refractivity contribution is 7.14. The summed E-state index contributed by atoms with van der Waals surface area (Å²) in [7, 11) is 3.22. The van der Waals surface area contributed by atoms with Crippen molar-refractivity contribution in [3.63, 3.8) is 0 Å². The van der Waals surface area contributed by atoms with Crippen LogP contribution in [-0.2, 0) is 5.41 Å². The monoisotopic (exact) mass is 373 g/mol. The van der Waals surface area contributed by atoms with Crippen LogP contribution < -0.4 is 10.6 Å². The molecule has 9 heteroatoms. The zero-order valence-electron chi connectivity index (χ0n) is 14.3. The predicted octanol–water partition coefficient (Wildman–Crippen LogP) is 0.770. The van der Waals surface area contributed by atoms with Crippen molar-refractivity contribution in [3.8, 4) is 12.3 Å². The first-order valence-electron chi connectivity index (χ1n) is 7.61. The number of benzene rings is 1. The summed E-state index contributed by atoms with van der Waals surface area (Å²) in [4.78, 5) is 16.3. The molecule has 5 nitrogen and oxygen atoms in total. The Hall–Kier alpha value is -1.94. The molecule has 1 heterocycles. The van der Waals surface area contributed by atoms with Gasteiger partial charge in [-0.15, -0.1) is 17.8 Å². The molecule has 0 fully saturated rings. The molecule has 2 rings (SSSR count). The quantitative estimate of drug-likeness (QED) is 0.535. The van der Waals surface area contributed by atoms with E-state index in [0.717, 1.165) is 5.56 Å². The summed E-state index contributed by atoms with van der Waals surface area (Å²) in [5.74, 6) is 2.78. The number of nitrogens with one attached hydrogen (secondary N) is 2. The molecule has 1 aromatic carbocycles. The molecule has 1 aromatic heterocycles. The van der Waals surface area contributed by atoms with Gasteiger partial charge in [-0.05, 0) is 24.6 Å². The Morgan fingerprint density at radius 1 is 1.44 bits per heavy atom. The zero-order valence-corrected chi connectivity index (χ0v) is 15.8. The van der Waals surface area contributed by atoms with E-state index in [1.165, 1.54) is 11.3 Å². The molecule has 0 aliphatic heterocycles. The summed E-state index contributed by atoms with van der Waals surface area (Å²) in [5.41, 5.74) is 0.827. The third-order valence-corrected chi connectivity index (χ3v) is 4.64. The number of nitrogens with zero attached hydrogens (tertiary/aromatic N) is 1. The smallest absolute Gasteiger partial charge is 0.321 e. The lowest BCUT2D eigenvalue weighted by molar-refractivity contribution is 0.205. The van der Waals surface area contributed by atoms with Gasteiger partial charge >= 0.3 is 6.03 Å². The molecule has 0 unspecified atom stereocenters. The van der Waals surface area contributed by atoms with Crippen LogP contribution in [0.4, 0.5) is 9.93 Å². The van der Waals surface area contributed by atoms with Gasteiger partial charge in [-0.3, -0.25) is 5.32 Å². The second-order valence-electron chi connectivity index (χ2n) is 6.43. The molecule has 2 aromatic rings. The Labute approximate surface area is 158 Å². The maximum Gasteiger partial charge on any atom is 0.321 e. The third-order valence-electron chi connectivity index (χ3n) is 3.63. The molecule has 0 saturated carbocycles. The van der Waals surface area contributed by atoms with Crippen molar-refractivity contribution in [1.29, 1.82) is 0 Å². The van der Waals surface area contributed by atoms with Gasteiger partial charge in [0, 0.05) is 22.3 Å². The summed E-state index contributed by atoms with van der Waals surface area (Å²) < 4.78 is 0. The summed E-state index contributed by atoms with van der Waals surface area (Å²) >= 11 is 7.22. The summed E-state index contributed by atoms with van der Waals surface area (Å²) in [6.07, 6.45) is 5.77. The summed E-state index contributed by atoms with van der Waals surface area (Å²) in [6, 6.07) is 6.86. The van der Waals surface area contributed by atoms with E-state index in [1.807, 2.05) is 24.4 Å². The van der Waals surface area contributed by atoms with Crippen LogP contribution in [0.2, 0.25) is 5.02 Å². The van der Waals surface area contributed by atoms with Crippen molar-refractivity contribution in [2.75, 3.05) is 11.9 Å². The summed E-state index contributed by atoms with van der Waals surface area (Å²) in [6.45, 7) is 2.02. The van der Waals surface area contributed by atoms with Crippen molar-refractivity contribution >= 4 is 49.8 Å². The average molecular weight is 373 g/mol. The van der Waals surface area contributed by atoms with Crippen molar-refractivity contribution in [2.45, 2.75) is 17.7 Å². The molecule has 0 aliphatic rings. The third kappa shape index (κ3) is 5.02. The molecule has 2 amide bonds. The SMILES string of the molecule is BC(B)(O)CNC(=O)Nc1nc([C@@](C)(C#C)c2ccc(Cl)cc2)cs1. The largest absolute Gasteiger partial charge is 0.406 e. The van der Waals surface area contributed by atoms with Gasteiger partial charge < -0.3 is 10.4 Å².